The fourth-order valence-corrected chi connectivity index (χ4v) is 1.73. The van der Waals surface area contributed by atoms with Gasteiger partial charge >= 0.3 is 0 Å². The van der Waals surface area contributed by atoms with Crippen LogP contribution < -0.4 is 0 Å². The van der Waals surface area contributed by atoms with Crippen LogP contribution >= 0.6 is 0 Å². The van der Waals surface area contributed by atoms with E-state index in [9.17, 15) is 4.79 Å². The Hall–Kier alpha value is -1.36. The first-order valence-corrected chi connectivity index (χ1v) is 5.06. The first kappa shape index (κ1) is 10.2. The standard InChI is InChI=1S/C10H15N3O2/c1-8-7-15-4-3-13(8)10(14)9-5-11-12(2)6-9/h5-6,8H,3-4,7H2,1-2H3. The lowest BCUT2D eigenvalue weighted by Crippen LogP contribution is -2.47. The molecule has 0 aliphatic carbocycles. The zero-order valence-corrected chi connectivity index (χ0v) is 9.01. The SMILES string of the molecule is CC1COCCN1C(=O)c1cnn(C)c1. The molecule has 1 amide bonds. The molecule has 1 atom stereocenters. The average Bonchev–Trinajstić information content (AvgIpc) is 2.65. The maximum absolute atomic E-state index is 12.0. The highest BCUT2D eigenvalue weighted by molar-refractivity contribution is 5.94. The summed E-state index contributed by atoms with van der Waals surface area (Å²) in [5, 5.41) is 4.00. The van der Waals surface area contributed by atoms with Gasteiger partial charge < -0.3 is 9.64 Å². The van der Waals surface area contributed by atoms with E-state index in [1.54, 1.807) is 24.1 Å². The lowest BCUT2D eigenvalue weighted by molar-refractivity contribution is 0.00359. The molecule has 0 N–H and O–H groups in total. The van der Waals surface area contributed by atoms with E-state index in [2.05, 4.69) is 5.10 Å². The largest absolute Gasteiger partial charge is 0.377 e. The minimum atomic E-state index is 0.0406. The molecule has 15 heavy (non-hydrogen) atoms. The van der Waals surface area contributed by atoms with Gasteiger partial charge in [0.2, 0.25) is 0 Å². The molecular formula is C10H15N3O2. The minimum absolute atomic E-state index is 0.0406. The third kappa shape index (κ3) is 2.02. The Kier molecular flexibility index (Phi) is 2.73. The third-order valence-corrected chi connectivity index (χ3v) is 2.58. The van der Waals surface area contributed by atoms with Crippen molar-refractivity contribution in [2.45, 2.75) is 13.0 Å². The Morgan fingerprint density at radius 2 is 2.47 bits per heavy atom. The summed E-state index contributed by atoms with van der Waals surface area (Å²) in [6, 6.07) is 0.145. The molecule has 1 aliphatic heterocycles. The minimum Gasteiger partial charge on any atom is -0.377 e. The van der Waals surface area contributed by atoms with Gasteiger partial charge in [-0.3, -0.25) is 9.48 Å². The number of carbonyl (C=O) groups excluding carboxylic acids is 1. The van der Waals surface area contributed by atoms with Gasteiger partial charge in [-0.05, 0) is 6.92 Å². The number of carbonyl (C=O) groups is 1. The monoisotopic (exact) mass is 209 g/mol. The van der Waals surface area contributed by atoms with Gasteiger partial charge in [0, 0.05) is 19.8 Å². The van der Waals surface area contributed by atoms with Crippen LogP contribution in [0.3, 0.4) is 0 Å². The normalized spacial score (nSPS) is 21.7. The van der Waals surface area contributed by atoms with E-state index in [-0.39, 0.29) is 11.9 Å². The Bertz CT molecular complexity index is 361. The van der Waals surface area contributed by atoms with Gasteiger partial charge in [0.25, 0.3) is 5.91 Å². The second-order valence-corrected chi connectivity index (χ2v) is 3.83. The predicted molar refractivity (Wildman–Crippen MR) is 54.5 cm³/mol. The predicted octanol–water partition coefficient (Wildman–Crippen LogP) is 0.281. The summed E-state index contributed by atoms with van der Waals surface area (Å²) in [6.45, 7) is 3.89. The Morgan fingerprint density at radius 1 is 1.67 bits per heavy atom. The maximum Gasteiger partial charge on any atom is 0.257 e. The molecule has 0 bridgehead atoms. The molecule has 1 unspecified atom stereocenters. The van der Waals surface area contributed by atoms with Crippen molar-refractivity contribution < 1.29 is 9.53 Å². The highest BCUT2D eigenvalue weighted by atomic mass is 16.5. The summed E-state index contributed by atoms with van der Waals surface area (Å²) >= 11 is 0. The van der Waals surface area contributed by atoms with Gasteiger partial charge in [-0.15, -0.1) is 0 Å². The van der Waals surface area contributed by atoms with Crippen LogP contribution in [0, 0.1) is 0 Å². The van der Waals surface area contributed by atoms with Crippen molar-refractivity contribution in [2.75, 3.05) is 19.8 Å². The molecule has 0 spiro atoms. The average molecular weight is 209 g/mol. The molecule has 82 valence electrons. The van der Waals surface area contributed by atoms with Gasteiger partial charge in [-0.1, -0.05) is 0 Å². The summed E-state index contributed by atoms with van der Waals surface area (Å²) in [6.07, 6.45) is 3.34. The molecular weight excluding hydrogens is 194 g/mol. The molecule has 0 saturated carbocycles. The van der Waals surface area contributed by atoms with Crippen LogP contribution in [-0.4, -0.2) is 46.4 Å². The van der Waals surface area contributed by atoms with E-state index >= 15 is 0 Å². The first-order chi connectivity index (χ1) is 7.18. The summed E-state index contributed by atoms with van der Waals surface area (Å²) < 4.78 is 6.93. The molecule has 1 aromatic heterocycles. The second kappa shape index (κ2) is 4.02. The molecule has 5 nitrogen and oxygen atoms in total. The van der Waals surface area contributed by atoms with Crippen LogP contribution in [-0.2, 0) is 11.8 Å². The molecule has 2 rings (SSSR count). The zero-order chi connectivity index (χ0) is 10.8. The Labute approximate surface area is 88.6 Å². The number of ether oxygens (including phenoxy) is 1. The molecule has 1 aromatic rings. The Morgan fingerprint density at radius 3 is 3.07 bits per heavy atom. The van der Waals surface area contributed by atoms with Crippen LogP contribution in [0.5, 0.6) is 0 Å². The summed E-state index contributed by atoms with van der Waals surface area (Å²) in [7, 11) is 1.81. The van der Waals surface area contributed by atoms with Gasteiger partial charge in [-0.25, -0.2) is 0 Å². The molecule has 1 saturated heterocycles. The molecule has 1 fully saturated rings. The van der Waals surface area contributed by atoms with E-state index in [0.717, 1.165) is 0 Å². The highest BCUT2D eigenvalue weighted by Gasteiger charge is 2.25. The van der Waals surface area contributed by atoms with Crippen molar-refractivity contribution in [3.63, 3.8) is 0 Å². The number of hydrogen-bond donors (Lipinski definition) is 0. The van der Waals surface area contributed by atoms with Crippen molar-refractivity contribution in [3.8, 4) is 0 Å². The molecule has 0 radical (unpaired) electrons. The van der Waals surface area contributed by atoms with Crippen LogP contribution in [0.1, 0.15) is 17.3 Å². The third-order valence-electron chi connectivity index (χ3n) is 2.58. The van der Waals surface area contributed by atoms with E-state index in [0.29, 0.717) is 25.3 Å². The molecule has 1 aliphatic rings. The number of rotatable bonds is 1. The molecule has 2 heterocycles. The first-order valence-electron chi connectivity index (χ1n) is 5.06. The summed E-state index contributed by atoms with van der Waals surface area (Å²) in [5.74, 6) is 0.0406. The number of aryl methyl sites for hydroxylation is 1. The number of morpholine rings is 1. The lowest BCUT2D eigenvalue weighted by atomic mass is 10.2. The smallest absolute Gasteiger partial charge is 0.257 e. The number of aromatic nitrogens is 2. The fraction of sp³-hybridized carbons (Fsp3) is 0.600. The van der Waals surface area contributed by atoms with Crippen LogP contribution in [0.15, 0.2) is 12.4 Å². The second-order valence-electron chi connectivity index (χ2n) is 3.83. The lowest BCUT2D eigenvalue weighted by Gasteiger charge is -2.32. The van der Waals surface area contributed by atoms with Crippen molar-refractivity contribution >= 4 is 5.91 Å². The van der Waals surface area contributed by atoms with Gasteiger partial charge in [0.1, 0.15) is 0 Å². The van der Waals surface area contributed by atoms with Crippen molar-refractivity contribution in [3.05, 3.63) is 18.0 Å². The zero-order valence-electron chi connectivity index (χ0n) is 9.01. The molecule has 5 heteroatoms. The Balaban J connectivity index is 2.13. The van der Waals surface area contributed by atoms with Gasteiger partial charge in [0.15, 0.2) is 0 Å². The van der Waals surface area contributed by atoms with E-state index in [4.69, 9.17) is 4.74 Å². The topological polar surface area (TPSA) is 47.4 Å². The van der Waals surface area contributed by atoms with E-state index in [1.165, 1.54) is 0 Å². The number of nitrogens with zero attached hydrogens (tertiary/aromatic N) is 3. The molecule has 0 aromatic carbocycles. The maximum atomic E-state index is 12.0. The summed E-state index contributed by atoms with van der Waals surface area (Å²) in [4.78, 5) is 13.9. The van der Waals surface area contributed by atoms with Gasteiger partial charge in [0.05, 0.1) is 31.0 Å². The van der Waals surface area contributed by atoms with Crippen LogP contribution in [0.25, 0.3) is 0 Å². The van der Waals surface area contributed by atoms with Crippen LogP contribution in [0.2, 0.25) is 0 Å². The van der Waals surface area contributed by atoms with E-state index < -0.39 is 0 Å². The van der Waals surface area contributed by atoms with E-state index in [1.807, 2.05) is 11.8 Å². The van der Waals surface area contributed by atoms with Crippen molar-refractivity contribution in [1.82, 2.24) is 14.7 Å². The van der Waals surface area contributed by atoms with Gasteiger partial charge in [-0.2, -0.15) is 5.10 Å². The quantitative estimate of drug-likeness (QED) is 0.667. The number of amides is 1. The highest BCUT2D eigenvalue weighted by Crippen LogP contribution is 2.11. The fourth-order valence-electron chi connectivity index (χ4n) is 1.73. The van der Waals surface area contributed by atoms with Crippen molar-refractivity contribution in [2.24, 2.45) is 7.05 Å². The van der Waals surface area contributed by atoms with Crippen LogP contribution in [0.4, 0.5) is 0 Å². The number of hydrogen-bond acceptors (Lipinski definition) is 3. The van der Waals surface area contributed by atoms with Crippen molar-refractivity contribution in [1.29, 1.82) is 0 Å². The summed E-state index contributed by atoms with van der Waals surface area (Å²) in [5.41, 5.74) is 0.645.